The Balaban J connectivity index is 1.94. The molecule has 0 radical (unpaired) electrons. The van der Waals surface area contributed by atoms with Crippen LogP contribution in [0.1, 0.15) is 38.2 Å². The van der Waals surface area contributed by atoms with E-state index in [9.17, 15) is 13.2 Å². The van der Waals surface area contributed by atoms with Gasteiger partial charge in [0.15, 0.2) is 0 Å². The van der Waals surface area contributed by atoms with E-state index in [1.54, 1.807) is 35.5 Å². The van der Waals surface area contributed by atoms with Gasteiger partial charge in [0.05, 0.1) is 11.5 Å². The Kier molecular flexibility index (Phi) is 6.56. The third-order valence-corrected chi connectivity index (χ3v) is 5.76. The van der Waals surface area contributed by atoms with E-state index >= 15 is 0 Å². The highest BCUT2D eigenvalue weighted by molar-refractivity contribution is 7.89. The summed E-state index contributed by atoms with van der Waals surface area (Å²) in [6.07, 6.45) is 3.79. The molecule has 0 atom stereocenters. The second-order valence-electron chi connectivity index (χ2n) is 5.57. The van der Waals surface area contributed by atoms with Gasteiger partial charge in [0.2, 0.25) is 15.9 Å². The van der Waals surface area contributed by atoms with Crippen molar-refractivity contribution in [3.8, 4) is 0 Å². The van der Waals surface area contributed by atoms with Gasteiger partial charge < -0.3 is 0 Å². The first-order valence-corrected chi connectivity index (χ1v) is 9.48. The highest BCUT2D eigenvalue weighted by Crippen LogP contribution is 2.21. The van der Waals surface area contributed by atoms with Gasteiger partial charge >= 0.3 is 0 Å². The largest absolute Gasteiger partial charge is 0.274 e. The van der Waals surface area contributed by atoms with Gasteiger partial charge in [-0.3, -0.25) is 9.63 Å². The van der Waals surface area contributed by atoms with Gasteiger partial charge in [-0.15, -0.1) is 0 Å². The predicted octanol–water partition coefficient (Wildman–Crippen LogP) is 1.86. The van der Waals surface area contributed by atoms with Crippen LogP contribution >= 0.6 is 0 Å². The van der Waals surface area contributed by atoms with E-state index in [1.807, 2.05) is 0 Å². The van der Waals surface area contributed by atoms with Crippen LogP contribution in [0.4, 0.5) is 0 Å². The molecule has 23 heavy (non-hydrogen) atoms. The van der Waals surface area contributed by atoms with Crippen LogP contribution in [0.15, 0.2) is 29.2 Å². The van der Waals surface area contributed by atoms with Gasteiger partial charge in [-0.05, 0) is 43.9 Å². The summed E-state index contributed by atoms with van der Waals surface area (Å²) in [5.74, 6) is -0.183. The lowest BCUT2D eigenvalue weighted by atomic mass is 10.1. The van der Waals surface area contributed by atoms with Gasteiger partial charge in [0, 0.05) is 19.5 Å². The summed E-state index contributed by atoms with van der Waals surface area (Å²) >= 11 is 0. The number of nitrogens with zero attached hydrogens (tertiary/aromatic N) is 1. The SMILES string of the molecule is CCONC(=O)CCc1ccc(S(=O)(=O)N2CCCCC2)cc1. The fourth-order valence-electron chi connectivity index (χ4n) is 2.54. The van der Waals surface area contributed by atoms with Gasteiger partial charge in [-0.2, -0.15) is 4.31 Å². The molecule has 1 fully saturated rings. The predicted molar refractivity (Wildman–Crippen MR) is 87.1 cm³/mol. The van der Waals surface area contributed by atoms with Crippen LogP contribution in [0.25, 0.3) is 0 Å². The molecule has 1 aromatic rings. The van der Waals surface area contributed by atoms with E-state index in [1.165, 1.54) is 0 Å². The fraction of sp³-hybridized carbons (Fsp3) is 0.562. The molecule has 0 spiro atoms. The summed E-state index contributed by atoms with van der Waals surface area (Å²) in [5, 5.41) is 0. The Labute approximate surface area is 137 Å². The zero-order valence-corrected chi connectivity index (χ0v) is 14.3. The van der Waals surface area contributed by atoms with E-state index in [-0.39, 0.29) is 5.91 Å². The number of hydrogen-bond acceptors (Lipinski definition) is 4. The minimum atomic E-state index is -3.39. The number of rotatable bonds is 7. The third kappa shape index (κ3) is 5.02. The maximum absolute atomic E-state index is 12.5. The van der Waals surface area contributed by atoms with Crippen LogP contribution in [0.3, 0.4) is 0 Å². The zero-order chi connectivity index (χ0) is 16.7. The summed E-state index contributed by atoms with van der Waals surface area (Å²) in [5.41, 5.74) is 3.26. The molecule has 1 aliphatic rings. The van der Waals surface area contributed by atoms with Crippen molar-refractivity contribution in [3.05, 3.63) is 29.8 Å². The van der Waals surface area contributed by atoms with Crippen LogP contribution in [0.5, 0.6) is 0 Å². The van der Waals surface area contributed by atoms with Crippen LogP contribution in [0.2, 0.25) is 0 Å². The number of hydrogen-bond donors (Lipinski definition) is 1. The molecule has 1 aliphatic heterocycles. The molecule has 0 aromatic heterocycles. The first-order chi connectivity index (χ1) is 11.0. The molecule has 0 bridgehead atoms. The molecule has 1 aromatic carbocycles. The Morgan fingerprint density at radius 2 is 1.83 bits per heavy atom. The molecule has 128 valence electrons. The van der Waals surface area contributed by atoms with Crippen molar-refractivity contribution >= 4 is 15.9 Å². The number of carbonyl (C=O) groups is 1. The summed E-state index contributed by atoms with van der Waals surface area (Å²) in [6, 6.07) is 6.79. The number of hydroxylamine groups is 1. The molecule has 0 saturated carbocycles. The number of carbonyl (C=O) groups excluding carboxylic acids is 1. The van der Waals surface area contributed by atoms with Crippen LogP contribution in [-0.4, -0.2) is 38.3 Å². The van der Waals surface area contributed by atoms with Gasteiger partial charge in [-0.25, -0.2) is 13.9 Å². The number of aryl methyl sites for hydroxylation is 1. The molecule has 1 amide bonds. The molecule has 6 nitrogen and oxygen atoms in total. The summed E-state index contributed by atoms with van der Waals surface area (Å²) in [6.45, 7) is 3.42. The summed E-state index contributed by atoms with van der Waals surface area (Å²) in [4.78, 5) is 16.6. The zero-order valence-electron chi connectivity index (χ0n) is 13.5. The molecule has 7 heteroatoms. The minimum Gasteiger partial charge on any atom is -0.274 e. The topological polar surface area (TPSA) is 75.7 Å². The average Bonchev–Trinajstić information content (AvgIpc) is 2.59. The monoisotopic (exact) mass is 340 g/mol. The molecular weight excluding hydrogens is 316 g/mol. The Morgan fingerprint density at radius 3 is 2.43 bits per heavy atom. The van der Waals surface area contributed by atoms with Crippen LogP contribution < -0.4 is 5.48 Å². The highest BCUT2D eigenvalue weighted by Gasteiger charge is 2.25. The van der Waals surface area contributed by atoms with Crippen LogP contribution in [-0.2, 0) is 26.1 Å². The van der Waals surface area contributed by atoms with E-state index in [2.05, 4.69) is 5.48 Å². The lowest BCUT2D eigenvalue weighted by Gasteiger charge is -2.25. The van der Waals surface area contributed by atoms with Crippen molar-refractivity contribution in [2.45, 2.75) is 43.9 Å². The van der Waals surface area contributed by atoms with Crippen molar-refractivity contribution in [3.63, 3.8) is 0 Å². The van der Waals surface area contributed by atoms with E-state index in [4.69, 9.17) is 4.84 Å². The molecule has 0 aliphatic carbocycles. The lowest BCUT2D eigenvalue weighted by Crippen LogP contribution is -2.35. The number of piperidine rings is 1. The maximum atomic E-state index is 12.5. The third-order valence-electron chi connectivity index (χ3n) is 3.85. The van der Waals surface area contributed by atoms with E-state index in [0.717, 1.165) is 24.8 Å². The van der Waals surface area contributed by atoms with Gasteiger partial charge in [0.1, 0.15) is 0 Å². The second kappa shape index (κ2) is 8.42. The molecule has 1 N–H and O–H groups in total. The Hall–Kier alpha value is -1.44. The van der Waals surface area contributed by atoms with Crippen molar-refractivity contribution in [1.82, 2.24) is 9.79 Å². The summed E-state index contributed by atoms with van der Waals surface area (Å²) < 4.78 is 26.6. The lowest BCUT2D eigenvalue weighted by molar-refractivity contribution is -0.133. The second-order valence-corrected chi connectivity index (χ2v) is 7.50. The smallest absolute Gasteiger partial charge is 0.243 e. The first kappa shape index (κ1) is 17.9. The standard InChI is InChI=1S/C16H24N2O4S/c1-2-22-17-16(19)11-8-14-6-9-15(10-7-14)23(20,21)18-12-4-3-5-13-18/h6-7,9-10H,2-5,8,11-13H2,1H3,(H,17,19). The molecule has 0 unspecified atom stereocenters. The molecular formula is C16H24N2O4S. The fourth-order valence-corrected chi connectivity index (χ4v) is 4.06. The molecule has 1 heterocycles. The number of benzene rings is 1. The van der Waals surface area contributed by atoms with Crippen molar-refractivity contribution in [1.29, 1.82) is 0 Å². The van der Waals surface area contributed by atoms with Gasteiger partial charge in [-0.1, -0.05) is 18.6 Å². The quantitative estimate of drug-likeness (QED) is 0.769. The Bertz CT molecular complexity index is 607. The van der Waals surface area contributed by atoms with E-state index in [0.29, 0.717) is 37.4 Å². The average molecular weight is 340 g/mol. The normalized spacial score (nSPS) is 16.2. The van der Waals surface area contributed by atoms with Crippen molar-refractivity contribution < 1.29 is 18.0 Å². The number of nitrogens with one attached hydrogen (secondary N) is 1. The van der Waals surface area contributed by atoms with Crippen molar-refractivity contribution in [2.24, 2.45) is 0 Å². The van der Waals surface area contributed by atoms with Crippen molar-refractivity contribution in [2.75, 3.05) is 19.7 Å². The van der Waals surface area contributed by atoms with E-state index < -0.39 is 10.0 Å². The Morgan fingerprint density at radius 1 is 1.17 bits per heavy atom. The first-order valence-electron chi connectivity index (χ1n) is 8.03. The maximum Gasteiger partial charge on any atom is 0.243 e. The van der Waals surface area contributed by atoms with Gasteiger partial charge in [0.25, 0.3) is 0 Å². The highest BCUT2D eigenvalue weighted by atomic mass is 32.2. The van der Waals surface area contributed by atoms with Crippen LogP contribution in [0, 0.1) is 0 Å². The molecule has 1 saturated heterocycles. The number of sulfonamides is 1. The minimum absolute atomic E-state index is 0.183. The molecule has 2 rings (SSSR count). The number of amides is 1. The summed E-state index contributed by atoms with van der Waals surface area (Å²) in [7, 11) is -3.39.